The maximum Gasteiger partial charge on any atom is 0.238 e. The van der Waals surface area contributed by atoms with Crippen LogP contribution in [-0.4, -0.2) is 13.0 Å². The quantitative estimate of drug-likeness (QED) is 0.610. The fourth-order valence-electron chi connectivity index (χ4n) is 2.43. The first-order valence-electron chi connectivity index (χ1n) is 7.51. The molecule has 0 spiro atoms. The Morgan fingerprint density at radius 2 is 1.88 bits per heavy atom. The zero-order valence-electron chi connectivity index (χ0n) is 13.8. The van der Waals surface area contributed by atoms with Gasteiger partial charge in [0, 0.05) is 17.5 Å². The Hall–Kier alpha value is -1.45. The van der Waals surface area contributed by atoms with E-state index in [0.717, 1.165) is 16.2 Å². The van der Waals surface area contributed by atoms with Crippen molar-refractivity contribution < 1.29 is 8.42 Å². The van der Waals surface area contributed by atoms with E-state index in [-0.39, 0.29) is 21.9 Å². The second-order valence-electron chi connectivity index (χ2n) is 5.28. The van der Waals surface area contributed by atoms with Crippen molar-refractivity contribution in [2.75, 3.05) is 0 Å². The molecule has 0 saturated carbocycles. The van der Waals surface area contributed by atoms with E-state index in [2.05, 4.69) is 4.99 Å². The SMILES string of the molecule is Br.CCn1c(-c2cc(S(N)(=O)=O)ccc2Cl)cs/c1=N/c1ccccc1. The van der Waals surface area contributed by atoms with E-state index in [0.29, 0.717) is 17.1 Å². The van der Waals surface area contributed by atoms with Crippen LogP contribution in [0, 0.1) is 0 Å². The number of hydrogen-bond donors (Lipinski definition) is 1. The minimum absolute atomic E-state index is 0. The number of aromatic nitrogens is 1. The number of rotatable bonds is 4. The molecule has 0 atom stereocenters. The molecule has 0 bridgehead atoms. The summed E-state index contributed by atoms with van der Waals surface area (Å²) in [5.74, 6) is 0. The molecule has 0 radical (unpaired) electrons. The van der Waals surface area contributed by atoms with Crippen molar-refractivity contribution in [2.45, 2.75) is 18.4 Å². The Labute approximate surface area is 171 Å². The third kappa shape index (κ3) is 4.44. The first-order valence-corrected chi connectivity index (χ1v) is 10.3. The van der Waals surface area contributed by atoms with Crippen molar-refractivity contribution >= 4 is 55.6 Å². The molecule has 3 rings (SSSR count). The average Bonchev–Trinajstić information content (AvgIpc) is 2.97. The highest BCUT2D eigenvalue weighted by atomic mass is 79.9. The number of hydrogen-bond acceptors (Lipinski definition) is 4. The minimum atomic E-state index is -3.80. The average molecular weight is 475 g/mol. The van der Waals surface area contributed by atoms with Gasteiger partial charge in [-0.05, 0) is 37.3 Å². The molecule has 0 saturated heterocycles. The highest BCUT2D eigenvalue weighted by molar-refractivity contribution is 8.93. The van der Waals surface area contributed by atoms with Gasteiger partial charge in [0.1, 0.15) is 0 Å². The number of sulfonamides is 1. The minimum Gasteiger partial charge on any atom is -0.317 e. The van der Waals surface area contributed by atoms with E-state index in [1.54, 1.807) is 6.07 Å². The molecule has 1 heterocycles. The summed E-state index contributed by atoms with van der Waals surface area (Å²) in [6.45, 7) is 2.66. The zero-order valence-corrected chi connectivity index (χ0v) is 17.9. The molecule has 138 valence electrons. The smallest absolute Gasteiger partial charge is 0.238 e. The number of halogens is 2. The lowest BCUT2D eigenvalue weighted by molar-refractivity contribution is 0.598. The molecule has 0 aliphatic rings. The van der Waals surface area contributed by atoms with Crippen molar-refractivity contribution in [3.05, 3.63) is 63.7 Å². The van der Waals surface area contributed by atoms with Crippen molar-refractivity contribution in [1.29, 1.82) is 0 Å². The standard InChI is InChI=1S/C17H16ClN3O2S2.BrH/c1-2-21-16(11-24-17(21)20-12-6-4-3-5-7-12)14-10-13(25(19,22)23)8-9-15(14)18;/h3-11H,2H2,1H3,(H2,19,22,23);1H/b20-17+;. The molecule has 9 heteroatoms. The highest BCUT2D eigenvalue weighted by Crippen LogP contribution is 2.30. The summed E-state index contributed by atoms with van der Waals surface area (Å²) in [6.07, 6.45) is 0. The van der Waals surface area contributed by atoms with Gasteiger partial charge in [0.05, 0.1) is 21.3 Å². The van der Waals surface area contributed by atoms with E-state index >= 15 is 0 Å². The topological polar surface area (TPSA) is 77.5 Å². The second kappa shape index (κ2) is 8.49. The summed E-state index contributed by atoms with van der Waals surface area (Å²) in [4.78, 5) is 5.49. The van der Waals surface area contributed by atoms with Gasteiger partial charge < -0.3 is 4.57 Å². The summed E-state index contributed by atoms with van der Waals surface area (Å²) >= 11 is 7.77. The van der Waals surface area contributed by atoms with E-state index in [4.69, 9.17) is 16.7 Å². The molecule has 0 unspecified atom stereocenters. The van der Waals surface area contributed by atoms with Crippen LogP contribution in [0.1, 0.15) is 6.92 Å². The first-order chi connectivity index (χ1) is 11.9. The van der Waals surface area contributed by atoms with Gasteiger partial charge in [0.25, 0.3) is 0 Å². The van der Waals surface area contributed by atoms with Crippen LogP contribution in [0.25, 0.3) is 11.3 Å². The predicted octanol–water partition coefficient (Wildman–Crippen LogP) is 4.35. The molecule has 2 aromatic carbocycles. The Kier molecular flexibility index (Phi) is 6.81. The lowest BCUT2D eigenvalue weighted by Gasteiger charge is -2.09. The van der Waals surface area contributed by atoms with Crippen LogP contribution in [0.4, 0.5) is 5.69 Å². The maximum absolute atomic E-state index is 11.6. The number of nitrogens with zero attached hydrogens (tertiary/aromatic N) is 2. The number of nitrogens with two attached hydrogens (primary N) is 1. The second-order valence-corrected chi connectivity index (χ2v) is 8.09. The number of primary sulfonamides is 1. The monoisotopic (exact) mass is 473 g/mol. The van der Waals surface area contributed by atoms with Crippen LogP contribution in [0.2, 0.25) is 5.02 Å². The Morgan fingerprint density at radius 1 is 1.19 bits per heavy atom. The lowest BCUT2D eigenvalue weighted by Crippen LogP contribution is -2.15. The van der Waals surface area contributed by atoms with Gasteiger partial charge >= 0.3 is 0 Å². The highest BCUT2D eigenvalue weighted by Gasteiger charge is 2.15. The van der Waals surface area contributed by atoms with Gasteiger partial charge in [-0.15, -0.1) is 28.3 Å². The molecule has 0 aliphatic heterocycles. The molecule has 2 N–H and O–H groups in total. The molecule has 0 amide bonds. The fourth-order valence-corrected chi connectivity index (χ4v) is 4.17. The van der Waals surface area contributed by atoms with Gasteiger partial charge in [-0.1, -0.05) is 29.8 Å². The molecular formula is C17H17BrClN3O2S2. The molecule has 0 aliphatic carbocycles. The van der Waals surface area contributed by atoms with Crippen LogP contribution in [-0.2, 0) is 16.6 Å². The van der Waals surface area contributed by atoms with Crippen molar-refractivity contribution in [2.24, 2.45) is 10.1 Å². The van der Waals surface area contributed by atoms with Crippen LogP contribution in [0.5, 0.6) is 0 Å². The molecule has 1 aromatic heterocycles. The molecule has 0 fully saturated rings. The van der Waals surface area contributed by atoms with Crippen molar-refractivity contribution in [1.82, 2.24) is 4.57 Å². The Bertz CT molecular complexity index is 1080. The predicted molar refractivity (Wildman–Crippen MR) is 112 cm³/mol. The normalized spacial score (nSPS) is 12.0. The number of para-hydroxylation sites is 1. The molecular weight excluding hydrogens is 458 g/mol. The van der Waals surface area contributed by atoms with E-state index in [1.807, 2.05) is 47.2 Å². The summed E-state index contributed by atoms with van der Waals surface area (Å²) < 4.78 is 25.3. The van der Waals surface area contributed by atoms with Crippen LogP contribution < -0.4 is 9.94 Å². The largest absolute Gasteiger partial charge is 0.317 e. The van der Waals surface area contributed by atoms with Gasteiger partial charge in [0.2, 0.25) is 10.0 Å². The first kappa shape index (κ1) is 20.9. The van der Waals surface area contributed by atoms with Crippen molar-refractivity contribution in [3.63, 3.8) is 0 Å². The van der Waals surface area contributed by atoms with Gasteiger partial charge in [-0.25, -0.2) is 18.5 Å². The zero-order chi connectivity index (χ0) is 18.0. The molecule has 3 aromatic rings. The summed E-state index contributed by atoms with van der Waals surface area (Å²) in [5, 5.41) is 7.61. The summed E-state index contributed by atoms with van der Waals surface area (Å²) in [5.41, 5.74) is 2.26. The number of benzene rings is 2. The maximum atomic E-state index is 11.6. The summed E-state index contributed by atoms with van der Waals surface area (Å²) in [6, 6.07) is 14.1. The third-order valence-corrected chi connectivity index (χ3v) is 5.74. The van der Waals surface area contributed by atoms with Crippen LogP contribution >= 0.6 is 39.9 Å². The van der Waals surface area contributed by atoms with E-state index in [1.165, 1.54) is 23.5 Å². The van der Waals surface area contributed by atoms with Gasteiger partial charge in [-0.3, -0.25) is 0 Å². The number of thiazole rings is 1. The third-order valence-electron chi connectivity index (χ3n) is 3.64. The molecule has 26 heavy (non-hydrogen) atoms. The van der Waals surface area contributed by atoms with Crippen LogP contribution in [0.3, 0.4) is 0 Å². The lowest BCUT2D eigenvalue weighted by atomic mass is 10.1. The van der Waals surface area contributed by atoms with Crippen LogP contribution in [0.15, 0.2) is 63.8 Å². The molecule has 5 nitrogen and oxygen atoms in total. The van der Waals surface area contributed by atoms with Gasteiger partial charge in [-0.2, -0.15) is 0 Å². The van der Waals surface area contributed by atoms with E-state index in [9.17, 15) is 8.42 Å². The van der Waals surface area contributed by atoms with E-state index < -0.39 is 10.0 Å². The van der Waals surface area contributed by atoms with Crippen molar-refractivity contribution in [3.8, 4) is 11.3 Å². The van der Waals surface area contributed by atoms with Gasteiger partial charge in [0.15, 0.2) is 4.80 Å². The summed E-state index contributed by atoms with van der Waals surface area (Å²) in [7, 11) is -3.80. The Balaban J connectivity index is 0.00000243. The fraction of sp³-hybridized carbons (Fsp3) is 0.118. The Morgan fingerprint density at radius 3 is 2.50 bits per heavy atom.